The van der Waals surface area contributed by atoms with Gasteiger partial charge in [0.2, 0.25) is 15.9 Å². The third kappa shape index (κ3) is 6.88. The molecular formula is C26H33FN2O5S. The zero-order chi connectivity index (χ0) is 24.8. The van der Waals surface area contributed by atoms with Crippen LogP contribution in [0, 0.1) is 11.7 Å². The van der Waals surface area contributed by atoms with Gasteiger partial charge in [0.1, 0.15) is 5.82 Å². The number of ether oxygens (including phenoxy) is 1. The molecule has 7 nitrogen and oxygen atoms in total. The maximum Gasteiger partial charge on any atom is 0.240 e. The van der Waals surface area contributed by atoms with E-state index in [4.69, 9.17) is 4.74 Å². The van der Waals surface area contributed by atoms with E-state index < -0.39 is 28.0 Å². The summed E-state index contributed by atoms with van der Waals surface area (Å²) >= 11 is 0. The van der Waals surface area contributed by atoms with Crippen LogP contribution in [0.4, 0.5) is 4.39 Å². The van der Waals surface area contributed by atoms with Crippen LogP contribution in [0.25, 0.3) is 0 Å². The molecule has 0 unspecified atom stereocenters. The number of rotatable bonds is 8. The molecule has 0 aliphatic carbocycles. The highest BCUT2D eigenvalue weighted by Gasteiger charge is 2.35. The molecule has 190 valence electrons. The number of likely N-dealkylation sites (tertiary alicyclic amines) is 1. The first kappa shape index (κ1) is 25.8. The number of benzene rings is 2. The second-order valence-corrected chi connectivity index (χ2v) is 11.2. The number of hydrogen-bond acceptors (Lipinski definition) is 5. The Labute approximate surface area is 206 Å². The number of carbonyl (C=O) groups is 1. The molecule has 0 saturated carbocycles. The second-order valence-electron chi connectivity index (χ2n) is 9.46. The normalized spacial score (nSPS) is 23.8. The van der Waals surface area contributed by atoms with E-state index in [9.17, 15) is 22.7 Å². The molecule has 2 fully saturated rings. The Kier molecular flexibility index (Phi) is 8.54. The fourth-order valence-corrected chi connectivity index (χ4v) is 6.25. The monoisotopic (exact) mass is 504 g/mol. The number of halogens is 1. The van der Waals surface area contributed by atoms with Gasteiger partial charge in [0, 0.05) is 13.1 Å². The lowest BCUT2D eigenvalue weighted by atomic mass is 9.90. The molecule has 0 aromatic heterocycles. The van der Waals surface area contributed by atoms with Crippen LogP contribution in [0.3, 0.4) is 0 Å². The molecule has 1 amide bonds. The number of hydrogen-bond donors (Lipinski definition) is 2. The molecule has 2 heterocycles. The van der Waals surface area contributed by atoms with Crippen molar-refractivity contribution in [3.8, 4) is 0 Å². The van der Waals surface area contributed by atoms with Gasteiger partial charge < -0.3 is 14.7 Å². The minimum absolute atomic E-state index is 0.0372. The maximum absolute atomic E-state index is 13.1. The van der Waals surface area contributed by atoms with E-state index in [0.717, 1.165) is 44.5 Å². The average molecular weight is 505 g/mol. The predicted octanol–water partition coefficient (Wildman–Crippen LogP) is 2.88. The number of carbonyl (C=O) groups excluding carboxylic acids is 1. The highest BCUT2D eigenvalue weighted by Crippen LogP contribution is 2.26. The largest absolute Gasteiger partial charge is 0.394 e. The highest BCUT2D eigenvalue weighted by atomic mass is 32.2. The molecule has 2 aromatic rings. The molecule has 9 heteroatoms. The molecule has 0 spiro atoms. The molecule has 2 saturated heterocycles. The Hall–Kier alpha value is -2.33. The number of aliphatic hydroxyl groups excluding tert-OH is 1. The van der Waals surface area contributed by atoms with Crippen molar-refractivity contribution >= 4 is 15.9 Å². The average Bonchev–Trinajstić information content (AvgIpc) is 2.86. The summed E-state index contributed by atoms with van der Waals surface area (Å²) in [6, 6.07) is 14.3. The van der Waals surface area contributed by atoms with Crippen LogP contribution in [0.1, 0.15) is 37.7 Å². The Balaban J connectivity index is 1.25. The smallest absolute Gasteiger partial charge is 0.240 e. The van der Waals surface area contributed by atoms with Gasteiger partial charge in [0.25, 0.3) is 0 Å². The lowest BCUT2D eigenvalue weighted by Gasteiger charge is -2.37. The van der Waals surface area contributed by atoms with Crippen LogP contribution in [0.2, 0.25) is 0 Å². The third-order valence-electron chi connectivity index (χ3n) is 6.96. The Morgan fingerprint density at radius 2 is 1.71 bits per heavy atom. The van der Waals surface area contributed by atoms with E-state index in [2.05, 4.69) is 29.0 Å². The zero-order valence-corrected chi connectivity index (χ0v) is 20.5. The van der Waals surface area contributed by atoms with Crippen molar-refractivity contribution in [3.05, 3.63) is 66.0 Å². The lowest BCUT2D eigenvalue weighted by molar-refractivity contribution is -0.141. The fourth-order valence-electron chi connectivity index (χ4n) is 4.96. The third-order valence-corrected chi connectivity index (χ3v) is 8.47. The van der Waals surface area contributed by atoms with Crippen LogP contribution < -0.4 is 4.72 Å². The van der Waals surface area contributed by atoms with Crippen LogP contribution in [-0.4, -0.2) is 62.3 Å². The van der Waals surface area contributed by atoms with Gasteiger partial charge in [-0.3, -0.25) is 4.79 Å². The molecule has 2 aliphatic rings. The number of nitrogens with zero attached hydrogens (tertiary/aromatic N) is 1. The van der Waals surface area contributed by atoms with Crippen molar-refractivity contribution in [3.63, 3.8) is 0 Å². The number of amides is 1. The topological polar surface area (TPSA) is 95.9 Å². The summed E-state index contributed by atoms with van der Waals surface area (Å²) in [5.74, 6) is 0.0855. The Morgan fingerprint density at radius 3 is 2.37 bits per heavy atom. The van der Waals surface area contributed by atoms with Crippen LogP contribution in [-0.2, 0) is 26.0 Å². The number of aliphatic hydroxyl groups is 1. The molecule has 4 rings (SSSR count). The van der Waals surface area contributed by atoms with Crippen LogP contribution in [0.15, 0.2) is 59.5 Å². The lowest BCUT2D eigenvalue weighted by Crippen LogP contribution is -2.51. The summed E-state index contributed by atoms with van der Waals surface area (Å²) in [7, 11) is -3.89. The van der Waals surface area contributed by atoms with Gasteiger partial charge >= 0.3 is 0 Å². The van der Waals surface area contributed by atoms with Crippen molar-refractivity contribution in [1.29, 1.82) is 0 Å². The van der Waals surface area contributed by atoms with Crippen molar-refractivity contribution in [2.24, 2.45) is 5.92 Å². The summed E-state index contributed by atoms with van der Waals surface area (Å²) in [5.41, 5.74) is 1.33. The number of piperidine rings is 1. The molecular weight excluding hydrogens is 471 g/mol. The van der Waals surface area contributed by atoms with E-state index in [1.807, 2.05) is 11.0 Å². The minimum atomic E-state index is -3.89. The Morgan fingerprint density at radius 1 is 1.03 bits per heavy atom. The van der Waals surface area contributed by atoms with E-state index in [-0.39, 0.29) is 29.9 Å². The van der Waals surface area contributed by atoms with E-state index in [1.54, 1.807) is 0 Å². The summed E-state index contributed by atoms with van der Waals surface area (Å²) in [4.78, 5) is 14.7. The summed E-state index contributed by atoms with van der Waals surface area (Å²) < 4.78 is 46.9. The molecule has 2 N–H and O–H groups in total. The van der Waals surface area contributed by atoms with Gasteiger partial charge in [-0.25, -0.2) is 17.5 Å². The van der Waals surface area contributed by atoms with Gasteiger partial charge in [0.05, 0.1) is 36.2 Å². The molecule has 35 heavy (non-hydrogen) atoms. The number of nitrogens with one attached hydrogen (secondary N) is 1. The molecule has 0 bridgehead atoms. The molecule has 2 aliphatic heterocycles. The standard InChI is InChI=1S/C26H33FN2O5S/c27-21-6-9-23(10-7-21)35(32,33)28-24-11-8-22(34-25(24)18-30)17-26(31)29-14-12-20(13-15-29)16-19-4-2-1-3-5-19/h1-7,9-10,20,22,24-25,28,30H,8,11-18H2/t22-,24+,25+/m0/s1. The van der Waals surface area contributed by atoms with Crippen LogP contribution >= 0.6 is 0 Å². The van der Waals surface area contributed by atoms with Crippen molar-refractivity contribution < 1.29 is 27.4 Å². The van der Waals surface area contributed by atoms with Gasteiger partial charge in [-0.05, 0) is 67.9 Å². The van der Waals surface area contributed by atoms with E-state index >= 15 is 0 Å². The Bertz CT molecular complexity index is 1070. The van der Waals surface area contributed by atoms with E-state index in [0.29, 0.717) is 18.8 Å². The minimum Gasteiger partial charge on any atom is -0.394 e. The van der Waals surface area contributed by atoms with Crippen molar-refractivity contribution in [2.75, 3.05) is 19.7 Å². The molecule has 3 atom stereocenters. The van der Waals surface area contributed by atoms with Crippen LogP contribution in [0.5, 0.6) is 0 Å². The summed E-state index contributed by atoms with van der Waals surface area (Å²) in [5, 5.41) is 9.81. The summed E-state index contributed by atoms with van der Waals surface area (Å²) in [6.45, 7) is 1.09. The first-order valence-electron chi connectivity index (χ1n) is 12.2. The predicted molar refractivity (Wildman–Crippen MR) is 130 cm³/mol. The summed E-state index contributed by atoms with van der Waals surface area (Å²) in [6.07, 6.45) is 3.00. The van der Waals surface area contributed by atoms with Gasteiger partial charge in [-0.1, -0.05) is 30.3 Å². The fraction of sp³-hybridized carbons (Fsp3) is 0.500. The number of sulfonamides is 1. The van der Waals surface area contributed by atoms with Gasteiger partial charge in [0.15, 0.2) is 0 Å². The molecule has 2 aromatic carbocycles. The van der Waals surface area contributed by atoms with E-state index in [1.165, 1.54) is 17.7 Å². The first-order chi connectivity index (χ1) is 16.8. The van der Waals surface area contributed by atoms with Gasteiger partial charge in [-0.15, -0.1) is 0 Å². The first-order valence-corrected chi connectivity index (χ1v) is 13.7. The quantitative estimate of drug-likeness (QED) is 0.577. The molecule has 0 radical (unpaired) electrons. The van der Waals surface area contributed by atoms with Gasteiger partial charge in [-0.2, -0.15) is 0 Å². The zero-order valence-electron chi connectivity index (χ0n) is 19.7. The SMILES string of the molecule is O=C(C[C@@H]1CC[C@@H](NS(=O)(=O)c2ccc(F)cc2)[C@@H](CO)O1)N1CCC(Cc2ccccc2)CC1. The maximum atomic E-state index is 13.1. The van der Waals surface area contributed by atoms with Crippen molar-refractivity contribution in [2.45, 2.75) is 61.7 Å². The van der Waals surface area contributed by atoms with Crippen molar-refractivity contribution in [1.82, 2.24) is 9.62 Å². The second kappa shape index (κ2) is 11.6. The highest BCUT2D eigenvalue weighted by molar-refractivity contribution is 7.89.